The van der Waals surface area contributed by atoms with Gasteiger partial charge in [0.1, 0.15) is 5.00 Å². The summed E-state index contributed by atoms with van der Waals surface area (Å²) in [7, 11) is 1.18. The van der Waals surface area contributed by atoms with Gasteiger partial charge in [-0.2, -0.15) is 0 Å². The van der Waals surface area contributed by atoms with Gasteiger partial charge in [-0.1, -0.05) is 18.6 Å². The minimum Gasteiger partial charge on any atom is -0.453 e. The van der Waals surface area contributed by atoms with E-state index in [2.05, 4.69) is 15.4 Å². The second-order valence-corrected chi connectivity index (χ2v) is 7.91. The van der Waals surface area contributed by atoms with E-state index < -0.39 is 12.0 Å². The van der Waals surface area contributed by atoms with Crippen molar-refractivity contribution in [2.45, 2.75) is 39.0 Å². The Bertz CT molecular complexity index is 962. The van der Waals surface area contributed by atoms with Crippen LogP contribution in [-0.2, 0) is 17.6 Å². The number of anilines is 1. The molecule has 0 aliphatic heterocycles. The molecule has 0 saturated heterocycles. The molecule has 0 fully saturated rings. The maximum Gasteiger partial charge on any atom is 0.413 e. The fraction of sp³-hybridized carbons (Fsp3) is 0.333. The number of imide groups is 1. The maximum atomic E-state index is 12.7. The maximum absolute atomic E-state index is 12.7. The SMILES string of the molecule is COC(=O)NC(=O)c1c(NC(=O)c2ccc(C(C)=O)cc2)sc2c1CCCCC2. The van der Waals surface area contributed by atoms with Gasteiger partial charge in [0.05, 0.1) is 12.7 Å². The van der Waals surface area contributed by atoms with Crippen LogP contribution in [0.2, 0.25) is 0 Å². The van der Waals surface area contributed by atoms with Crippen LogP contribution in [0.5, 0.6) is 0 Å². The van der Waals surface area contributed by atoms with Crippen LogP contribution in [0.4, 0.5) is 9.80 Å². The highest BCUT2D eigenvalue weighted by Crippen LogP contribution is 2.37. The smallest absolute Gasteiger partial charge is 0.413 e. The number of fused-ring (bicyclic) bond motifs is 1. The van der Waals surface area contributed by atoms with Crippen molar-refractivity contribution in [2.24, 2.45) is 0 Å². The highest BCUT2D eigenvalue weighted by Gasteiger charge is 2.27. The molecule has 3 rings (SSSR count). The van der Waals surface area contributed by atoms with Crippen LogP contribution in [0.3, 0.4) is 0 Å². The lowest BCUT2D eigenvalue weighted by Crippen LogP contribution is -2.31. The molecule has 0 unspecified atom stereocenters. The molecule has 0 spiro atoms. The van der Waals surface area contributed by atoms with Crippen LogP contribution in [0.1, 0.15) is 67.7 Å². The number of thiophene rings is 1. The molecule has 0 radical (unpaired) electrons. The van der Waals surface area contributed by atoms with Gasteiger partial charge in [-0.05, 0) is 50.3 Å². The second-order valence-electron chi connectivity index (χ2n) is 6.80. The molecule has 1 heterocycles. The number of Topliss-reactive ketones (excluding diaryl/α,β-unsaturated/α-hetero) is 1. The van der Waals surface area contributed by atoms with Crippen LogP contribution < -0.4 is 10.6 Å². The van der Waals surface area contributed by atoms with Crippen molar-refractivity contribution in [3.63, 3.8) is 0 Å². The average molecular weight is 414 g/mol. The third kappa shape index (κ3) is 4.71. The fourth-order valence-electron chi connectivity index (χ4n) is 3.31. The van der Waals surface area contributed by atoms with E-state index in [0.29, 0.717) is 21.7 Å². The average Bonchev–Trinajstić information content (AvgIpc) is 2.88. The summed E-state index contributed by atoms with van der Waals surface area (Å²) in [5.41, 5.74) is 2.10. The van der Waals surface area contributed by atoms with E-state index in [4.69, 9.17) is 0 Å². The topological polar surface area (TPSA) is 102 Å². The third-order valence-electron chi connectivity index (χ3n) is 4.83. The Labute approximate surface area is 172 Å². The number of aryl methyl sites for hydroxylation is 1. The van der Waals surface area contributed by atoms with Crippen molar-refractivity contribution in [1.29, 1.82) is 0 Å². The predicted molar refractivity (Wildman–Crippen MR) is 110 cm³/mol. The quantitative estimate of drug-likeness (QED) is 0.582. The number of hydrogen-bond donors (Lipinski definition) is 2. The van der Waals surface area contributed by atoms with Gasteiger partial charge in [-0.25, -0.2) is 4.79 Å². The molecule has 1 aromatic carbocycles. The Morgan fingerprint density at radius 3 is 2.24 bits per heavy atom. The zero-order valence-corrected chi connectivity index (χ0v) is 17.1. The summed E-state index contributed by atoms with van der Waals surface area (Å²) in [5, 5.41) is 5.42. The predicted octanol–water partition coefficient (Wildman–Crippen LogP) is 3.97. The highest BCUT2D eigenvalue weighted by molar-refractivity contribution is 7.17. The first-order chi connectivity index (χ1) is 13.9. The number of ketones is 1. The molecular formula is C21H22N2O5S. The number of carbonyl (C=O) groups excluding carboxylic acids is 4. The number of carbonyl (C=O) groups is 4. The van der Waals surface area contributed by atoms with Crippen molar-refractivity contribution < 1.29 is 23.9 Å². The Hall–Kier alpha value is -3.00. The molecule has 0 bridgehead atoms. The van der Waals surface area contributed by atoms with E-state index in [9.17, 15) is 19.2 Å². The van der Waals surface area contributed by atoms with Gasteiger partial charge in [0.25, 0.3) is 11.8 Å². The van der Waals surface area contributed by atoms with Crippen molar-refractivity contribution >= 4 is 40.0 Å². The van der Waals surface area contributed by atoms with Gasteiger partial charge >= 0.3 is 6.09 Å². The number of nitrogens with one attached hydrogen (secondary N) is 2. The van der Waals surface area contributed by atoms with E-state index in [0.717, 1.165) is 42.5 Å². The van der Waals surface area contributed by atoms with Crippen LogP contribution in [0.15, 0.2) is 24.3 Å². The van der Waals surface area contributed by atoms with Crippen LogP contribution in [0, 0.1) is 0 Å². The molecular weight excluding hydrogens is 392 g/mol. The highest BCUT2D eigenvalue weighted by atomic mass is 32.1. The summed E-state index contributed by atoms with van der Waals surface area (Å²) in [4.78, 5) is 49.4. The summed E-state index contributed by atoms with van der Waals surface area (Å²) in [6.45, 7) is 1.46. The van der Waals surface area contributed by atoms with E-state index in [1.165, 1.54) is 25.4 Å². The Balaban J connectivity index is 1.91. The number of ether oxygens (including phenoxy) is 1. The van der Waals surface area contributed by atoms with Crippen molar-refractivity contribution in [1.82, 2.24) is 5.32 Å². The molecule has 152 valence electrons. The first-order valence-corrected chi connectivity index (χ1v) is 10.2. The van der Waals surface area contributed by atoms with Crippen LogP contribution >= 0.6 is 11.3 Å². The first-order valence-electron chi connectivity index (χ1n) is 9.37. The number of benzene rings is 1. The van der Waals surface area contributed by atoms with Crippen LogP contribution in [-0.4, -0.2) is 30.8 Å². The van der Waals surface area contributed by atoms with E-state index >= 15 is 0 Å². The Morgan fingerprint density at radius 2 is 1.59 bits per heavy atom. The molecule has 2 aromatic rings. The van der Waals surface area contributed by atoms with Crippen molar-refractivity contribution in [3.05, 3.63) is 51.4 Å². The minimum absolute atomic E-state index is 0.0827. The van der Waals surface area contributed by atoms with Gasteiger partial charge < -0.3 is 10.1 Å². The minimum atomic E-state index is -0.847. The standard InChI is InChI=1S/C21H22N2O5S/c1-12(24)13-8-10-14(11-9-13)18(25)22-20-17(19(26)23-21(27)28-2)15-6-4-3-5-7-16(15)29-20/h8-11H,3-7H2,1-2H3,(H,22,25)(H,23,26,27). The van der Waals surface area contributed by atoms with Crippen molar-refractivity contribution in [3.8, 4) is 0 Å². The largest absolute Gasteiger partial charge is 0.453 e. The van der Waals surface area contributed by atoms with E-state index in [-0.39, 0.29) is 11.7 Å². The normalized spacial score (nSPS) is 13.0. The molecule has 3 amide bonds. The molecule has 2 N–H and O–H groups in total. The Morgan fingerprint density at radius 1 is 0.931 bits per heavy atom. The molecule has 7 nitrogen and oxygen atoms in total. The second kappa shape index (κ2) is 9.00. The molecule has 29 heavy (non-hydrogen) atoms. The summed E-state index contributed by atoms with van der Waals surface area (Å²) in [6.07, 6.45) is 3.75. The lowest BCUT2D eigenvalue weighted by Gasteiger charge is -2.09. The van der Waals surface area contributed by atoms with Gasteiger partial charge in [0.2, 0.25) is 0 Å². The molecule has 1 aromatic heterocycles. The summed E-state index contributed by atoms with van der Waals surface area (Å²) < 4.78 is 4.53. The Kier molecular flexibility index (Phi) is 6.43. The number of hydrogen-bond acceptors (Lipinski definition) is 6. The molecule has 0 saturated carbocycles. The van der Waals surface area contributed by atoms with Gasteiger partial charge in [0.15, 0.2) is 5.78 Å². The third-order valence-corrected chi connectivity index (χ3v) is 6.04. The van der Waals surface area contributed by atoms with Gasteiger partial charge in [-0.3, -0.25) is 19.7 Å². The van der Waals surface area contributed by atoms with Gasteiger partial charge in [-0.15, -0.1) is 11.3 Å². The number of amides is 3. The lowest BCUT2D eigenvalue weighted by molar-refractivity contribution is 0.0936. The monoisotopic (exact) mass is 414 g/mol. The fourth-order valence-corrected chi connectivity index (χ4v) is 4.59. The molecule has 1 aliphatic rings. The zero-order chi connectivity index (χ0) is 21.0. The van der Waals surface area contributed by atoms with Gasteiger partial charge in [0, 0.05) is 16.0 Å². The lowest BCUT2D eigenvalue weighted by atomic mass is 10.0. The number of rotatable bonds is 4. The summed E-state index contributed by atoms with van der Waals surface area (Å²) >= 11 is 1.37. The number of alkyl carbamates (subject to hydrolysis) is 1. The number of methoxy groups -OCH3 is 1. The molecule has 1 aliphatic carbocycles. The van der Waals surface area contributed by atoms with E-state index in [1.807, 2.05) is 0 Å². The molecule has 0 atom stereocenters. The summed E-state index contributed by atoms with van der Waals surface area (Å²) in [5.74, 6) is -1.05. The van der Waals surface area contributed by atoms with E-state index in [1.54, 1.807) is 24.3 Å². The van der Waals surface area contributed by atoms with Crippen LogP contribution in [0.25, 0.3) is 0 Å². The zero-order valence-electron chi connectivity index (χ0n) is 16.3. The van der Waals surface area contributed by atoms with Crippen molar-refractivity contribution in [2.75, 3.05) is 12.4 Å². The first kappa shape index (κ1) is 20.7. The molecule has 8 heteroatoms. The summed E-state index contributed by atoms with van der Waals surface area (Å²) in [6, 6.07) is 6.31.